The zero-order chi connectivity index (χ0) is 9.47. The van der Waals surface area contributed by atoms with E-state index in [1.165, 1.54) is 30.0 Å². The summed E-state index contributed by atoms with van der Waals surface area (Å²) in [7, 11) is 1.85. The molecule has 0 aromatic carbocycles. The van der Waals surface area contributed by atoms with Crippen LogP contribution in [0.2, 0.25) is 0 Å². The van der Waals surface area contributed by atoms with Gasteiger partial charge >= 0.3 is 0 Å². The maximum atomic E-state index is 11.1. The molecule has 5 heteroatoms. The molecule has 1 aliphatic carbocycles. The Bertz CT molecular complexity index is 277. The first-order valence-corrected chi connectivity index (χ1v) is 7.04. The van der Waals surface area contributed by atoms with Gasteiger partial charge in [-0.05, 0) is 24.7 Å². The van der Waals surface area contributed by atoms with Gasteiger partial charge in [0.25, 0.3) is 9.24 Å². The quantitative estimate of drug-likeness (QED) is 0.634. The molecule has 0 aromatic heterocycles. The van der Waals surface area contributed by atoms with Crippen LogP contribution in [0.4, 0.5) is 0 Å². The summed E-state index contributed by atoms with van der Waals surface area (Å²) in [5.41, 5.74) is 0. The Kier molecular flexibility index (Phi) is 2.55. The molecule has 13 heavy (non-hydrogen) atoms. The smallest absolute Gasteiger partial charge is 0.195 e. The van der Waals surface area contributed by atoms with E-state index < -0.39 is 9.24 Å². The van der Waals surface area contributed by atoms with E-state index in [4.69, 9.17) is 10.7 Å². The molecule has 2 rings (SSSR count). The van der Waals surface area contributed by atoms with E-state index in [1.807, 2.05) is 0 Å². The summed E-state index contributed by atoms with van der Waals surface area (Å²) in [5.74, 6) is 1.14. The van der Waals surface area contributed by atoms with E-state index in [0.717, 1.165) is 0 Å². The molecule has 0 bridgehead atoms. The Morgan fingerprint density at radius 2 is 1.54 bits per heavy atom. The van der Waals surface area contributed by atoms with Crippen molar-refractivity contribution >= 4 is 19.9 Å². The summed E-state index contributed by atoms with van der Waals surface area (Å²) < 4.78 is 23.6. The van der Waals surface area contributed by atoms with Crippen LogP contribution in [0.5, 0.6) is 0 Å². The summed E-state index contributed by atoms with van der Waals surface area (Å²) in [4.78, 5) is 0. The minimum absolute atomic E-state index is 0.572. The van der Waals surface area contributed by atoms with Crippen molar-refractivity contribution in [3.63, 3.8) is 0 Å². The van der Waals surface area contributed by atoms with Crippen molar-refractivity contribution in [2.75, 3.05) is 13.1 Å². The fourth-order valence-electron chi connectivity index (χ4n) is 2.54. The lowest BCUT2D eigenvalue weighted by Gasteiger charge is -2.22. The number of hydrogen-bond acceptors (Lipinski definition) is 2. The van der Waals surface area contributed by atoms with E-state index in [9.17, 15) is 8.42 Å². The number of hydrogen-bond donors (Lipinski definition) is 0. The van der Waals surface area contributed by atoms with E-state index in [1.54, 1.807) is 0 Å². The van der Waals surface area contributed by atoms with Crippen molar-refractivity contribution < 1.29 is 8.42 Å². The van der Waals surface area contributed by atoms with Crippen molar-refractivity contribution in [3.8, 4) is 0 Å². The van der Waals surface area contributed by atoms with Gasteiger partial charge in [0.2, 0.25) is 0 Å². The third-order valence-electron chi connectivity index (χ3n) is 3.25. The highest BCUT2D eigenvalue weighted by atomic mass is 35.7. The fourth-order valence-corrected chi connectivity index (χ4v) is 3.62. The minimum atomic E-state index is -3.46. The average molecular weight is 224 g/mol. The Labute approximate surface area is 83.6 Å². The lowest BCUT2D eigenvalue weighted by molar-refractivity contribution is 0.299. The van der Waals surface area contributed by atoms with E-state index in [0.29, 0.717) is 24.9 Å². The first-order chi connectivity index (χ1) is 6.07. The average Bonchev–Trinajstić information content (AvgIpc) is 2.45. The Morgan fingerprint density at radius 3 is 1.92 bits per heavy atom. The highest BCUT2D eigenvalue weighted by molar-refractivity contribution is 8.11. The predicted molar refractivity (Wildman–Crippen MR) is 51.8 cm³/mol. The Hall–Kier alpha value is 0.200. The third kappa shape index (κ3) is 2.00. The summed E-state index contributed by atoms with van der Waals surface area (Å²) in [5, 5.41) is 0. The molecule has 1 saturated heterocycles. The van der Waals surface area contributed by atoms with Gasteiger partial charge in [-0.1, -0.05) is 12.8 Å². The fraction of sp³-hybridized carbons (Fsp3) is 1.00. The topological polar surface area (TPSA) is 37.4 Å². The standard InChI is InChI=1S/C8H14ClNO2S/c9-13(11,12)10-5-7-3-1-2-4-8(7)6-10/h7-8H,1-6H2. The molecule has 76 valence electrons. The van der Waals surface area contributed by atoms with Gasteiger partial charge in [0.1, 0.15) is 0 Å². The molecule has 0 aromatic rings. The van der Waals surface area contributed by atoms with Crippen molar-refractivity contribution in [2.45, 2.75) is 25.7 Å². The largest absolute Gasteiger partial charge is 0.299 e. The molecule has 1 saturated carbocycles. The van der Waals surface area contributed by atoms with Crippen LogP contribution >= 0.6 is 10.7 Å². The number of nitrogens with zero attached hydrogens (tertiary/aromatic N) is 1. The summed E-state index contributed by atoms with van der Waals surface area (Å²) in [6.45, 7) is 1.30. The number of fused-ring (bicyclic) bond motifs is 1. The lowest BCUT2D eigenvalue weighted by atomic mass is 9.82. The molecule has 2 atom stereocenters. The van der Waals surface area contributed by atoms with Crippen LogP contribution in [0, 0.1) is 11.8 Å². The van der Waals surface area contributed by atoms with Gasteiger partial charge < -0.3 is 0 Å². The molecule has 3 nitrogen and oxygen atoms in total. The van der Waals surface area contributed by atoms with Crippen LogP contribution in [0.1, 0.15) is 25.7 Å². The Balaban J connectivity index is 2.07. The van der Waals surface area contributed by atoms with Gasteiger partial charge in [0.05, 0.1) is 0 Å². The first kappa shape index (κ1) is 9.74. The molecule has 1 aliphatic heterocycles. The SMILES string of the molecule is O=S(=O)(Cl)N1CC2CCCCC2C1. The van der Waals surface area contributed by atoms with Crippen LogP contribution in [0.3, 0.4) is 0 Å². The van der Waals surface area contributed by atoms with Gasteiger partial charge in [0.15, 0.2) is 0 Å². The van der Waals surface area contributed by atoms with E-state index in [-0.39, 0.29) is 0 Å². The zero-order valence-corrected chi connectivity index (χ0v) is 9.02. The monoisotopic (exact) mass is 223 g/mol. The molecule has 1 heterocycles. The van der Waals surface area contributed by atoms with Crippen molar-refractivity contribution in [1.82, 2.24) is 4.31 Å². The van der Waals surface area contributed by atoms with Crippen LogP contribution in [-0.2, 0) is 9.24 Å². The van der Waals surface area contributed by atoms with Crippen LogP contribution in [-0.4, -0.2) is 25.8 Å². The molecular formula is C8H14ClNO2S. The highest BCUT2D eigenvalue weighted by Gasteiger charge is 2.38. The van der Waals surface area contributed by atoms with E-state index >= 15 is 0 Å². The van der Waals surface area contributed by atoms with Crippen LogP contribution in [0.15, 0.2) is 0 Å². The maximum Gasteiger partial charge on any atom is 0.299 e. The Morgan fingerprint density at radius 1 is 1.08 bits per heavy atom. The number of halogens is 1. The second kappa shape index (κ2) is 3.41. The van der Waals surface area contributed by atoms with Crippen LogP contribution in [0.25, 0.3) is 0 Å². The molecule has 2 aliphatic rings. The van der Waals surface area contributed by atoms with E-state index in [2.05, 4.69) is 0 Å². The molecule has 2 unspecified atom stereocenters. The number of rotatable bonds is 1. The predicted octanol–water partition coefficient (Wildman–Crippen LogP) is 1.59. The summed E-state index contributed by atoms with van der Waals surface area (Å²) in [6.07, 6.45) is 4.84. The summed E-state index contributed by atoms with van der Waals surface area (Å²) in [6, 6.07) is 0. The third-order valence-corrected chi connectivity index (χ3v) is 4.75. The second-order valence-corrected chi connectivity index (χ2v) is 6.57. The molecular weight excluding hydrogens is 210 g/mol. The molecule has 0 N–H and O–H groups in total. The van der Waals surface area contributed by atoms with Gasteiger partial charge in [0, 0.05) is 23.8 Å². The minimum Gasteiger partial charge on any atom is -0.195 e. The molecule has 2 fully saturated rings. The maximum absolute atomic E-state index is 11.1. The second-order valence-electron chi connectivity index (χ2n) is 4.06. The highest BCUT2D eigenvalue weighted by Crippen LogP contribution is 2.37. The summed E-state index contributed by atoms with van der Waals surface area (Å²) >= 11 is 0. The van der Waals surface area contributed by atoms with Gasteiger partial charge in [-0.25, -0.2) is 0 Å². The van der Waals surface area contributed by atoms with Crippen molar-refractivity contribution in [1.29, 1.82) is 0 Å². The normalized spacial score (nSPS) is 36.1. The molecule has 0 spiro atoms. The van der Waals surface area contributed by atoms with Crippen LogP contribution < -0.4 is 0 Å². The van der Waals surface area contributed by atoms with Gasteiger partial charge in [-0.2, -0.15) is 12.7 Å². The first-order valence-electron chi connectivity index (χ1n) is 4.77. The molecule has 0 radical (unpaired) electrons. The van der Waals surface area contributed by atoms with Gasteiger partial charge in [-0.15, -0.1) is 0 Å². The lowest BCUT2D eigenvalue weighted by Crippen LogP contribution is -2.24. The van der Waals surface area contributed by atoms with Crippen molar-refractivity contribution in [2.24, 2.45) is 11.8 Å². The molecule has 0 amide bonds. The van der Waals surface area contributed by atoms with Gasteiger partial charge in [-0.3, -0.25) is 0 Å². The van der Waals surface area contributed by atoms with Crippen molar-refractivity contribution in [3.05, 3.63) is 0 Å². The zero-order valence-electron chi connectivity index (χ0n) is 7.45.